The molecule has 1 unspecified atom stereocenters. The molecular weight excluding hydrogens is 478 g/mol. The van der Waals surface area contributed by atoms with E-state index in [0.29, 0.717) is 18.2 Å². The molecule has 0 spiro atoms. The fraction of sp³-hybridized carbons (Fsp3) is 0.400. The molecule has 3 N–H and O–H groups in total. The van der Waals surface area contributed by atoms with Gasteiger partial charge in [-0.25, -0.2) is 0 Å². The summed E-state index contributed by atoms with van der Waals surface area (Å²) in [6.07, 6.45) is 0.845. The van der Waals surface area contributed by atoms with E-state index in [0.717, 1.165) is 18.5 Å². The quantitative estimate of drug-likeness (QED) is 0.437. The Morgan fingerprint density at radius 2 is 1.83 bits per heavy atom. The van der Waals surface area contributed by atoms with Crippen LogP contribution in [0.2, 0.25) is 19.6 Å². The molecule has 0 saturated carbocycles. The summed E-state index contributed by atoms with van der Waals surface area (Å²) in [5.41, 5.74) is 7.19. The summed E-state index contributed by atoms with van der Waals surface area (Å²) < 4.78 is 22.5. The number of hydrogen-bond acceptors (Lipinski definition) is 9. The van der Waals surface area contributed by atoms with Crippen LogP contribution in [0.1, 0.15) is 22.5 Å². The van der Waals surface area contributed by atoms with Crippen molar-refractivity contribution in [1.82, 2.24) is 9.97 Å². The molecule has 36 heavy (non-hydrogen) atoms. The normalized spacial score (nSPS) is 15.6. The highest BCUT2D eigenvalue weighted by Gasteiger charge is 2.27. The molecule has 10 nitrogen and oxygen atoms in total. The Kier molecular flexibility index (Phi) is 7.22. The molecule has 2 aromatic heterocycles. The van der Waals surface area contributed by atoms with E-state index < -0.39 is 14.0 Å². The number of nitrogens with zero attached hydrogens (tertiary/aromatic N) is 3. The number of hydrogen-bond donors (Lipinski definition) is 2. The van der Waals surface area contributed by atoms with Crippen molar-refractivity contribution in [2.24, 2.45) is 5.73 Å². The van der Waals surface area contributed by atoms with Crippen LogP contribution in [0.4, 0.5) is 11.6 Å². The predicted molar refractivity (Wildman–Crippen MR) is 141 cm³/mol. The van der Waals surface area contributed by atoms with E-state index in [9.17, 15) is 4.79 Å². The first-order valence-electron chi connectivity index (χ1n) is 11.8. The van der Waals surface area contributed by atoms with E-state index in [4.69, 9.17) is 24.4 Å². The number of furan rings is 1. The fourth-order valence-corrected chi connectivity index (χ4v) is 5.03. The van der Waals surface area contributed by atoms with E-state index in [1.54, 1.807) is 12.1 Å². The van der Waals surface area contributed by atoms with Gasteiger partial charge in [0.25, 0.3) is 11.9 Å². The molecule has 1 atom stereocenters. The largest absolute Gasteiger partial charge is 0.479 e. The summed E-state index contributed by atoms with van der Waals surface area (Å²) in [5.74, 6) is 1.23. The van der Waals surface area contributed by atoms with Crippen LogP contribution in [0, 0.1) is 6.92 Å². The number of nitrogens with one attached hydrogen (secondary N) is 1. The van der Waals surface area contributed by atoms with Crippen molar-refractivity contribution in [2.75, 3.05) is 37.5 Å². The molecule has 0 aliphatic carbocycles. The number of rotatable bonds is 8. The number of ether oxygens (including phenoxy) is 3. The van der Waals surface area contributed by atoms with E-state index in [1.165, 1.54) is 19.4 Å². The van der Waals surface area contributed by atoms with Crippen molar-refractivity contribution in [1.29, 1.82) is 0 Å². The van der Waals surface area contributed by atoms with E-state index in [-0.39, 0.29) is 35.2 Å². The number of aromatic nitrogens is 2. The lowest BCUT2D eigenvalue weighted by Gasteiger charge is -2.19. The second-order valence-corrected chi connectivity index (χ2v) is 14.9. The third kappa shape index (κ3) is 5.47. The molecule has 3 heterocycles. The van der Waals surface area contributed by atoms with E-state index in [1.807, 2.05) is 24.0 Å². The fourth-order valence-electron chi connectivity index (χ4n) is 3.88. The minimum atomic E-state index is -1.51. The van der Waals surface area contributed by atoms with Crippen LogP contribution in [-0.2, 0) is 0 Å². The average molecular weight is 512 g/mol. The SMILES string of the molecule is COc1nc(N2CCC(N)C2)nc(OC)c1NC(=O)c1ccc(Oc2cc([Si](C)(C)C)ccc2C)o1. The summed E-state index contributed by atoms with van der Waals surface area (Å²) in [7, 11) is 1.42. The molecule has 3 aromatic rings. The zero-order chi connectivity index (χ0) is 26.0. The number of carbonyl (C=O) groups excluding carboxylic acids is 1. The minimum absolute atomic E-state index is 0.0575. The average Bonchev–Trinajstić information content (AvgIpc) is 3.49. The molecular formula is C25H33N5O5Si. The van der Waals surface area contributed by atoms with Crippen LogP contribution < -0.4 is 35.3 Å². The van der Waals surface area contributed by atoms with Gasteiger partial charge in [0.2, 0.25) is 17.7 Å². The maximum Gasteiger partial charge on any atom is 0.291 e. The highest BCUT2D eigenvalue weighted by Crippen LogP contribution is 2.35. The van der Waals surface area contributed by atoms with Gasteiger partial charge in [0.1, 0.15) is 5.75 Å². The lowest BCUT2D eigenvalue weighted by atomic mass is 10.2. The molecule has 1 saturated heterocycles. The van der Waals surface area contributed by atoms with Crippen LogP contribution in [0.15, 0.2) is 34.7 Å². The maximum absolute atomic E-state index is 13.0. The molecule has 1 amide bonds. The molecule has 0 bridgehead atoms. The van der Waals surface area contributed by atoms with Crippen molar-refractivity contribution in [3.05, 3.63) is 41.7 Å². The van der Waals surface area contributed by atoms with Crippen molar-refractivity contribution >= 4 is 30.8 Å². The van der Waals surface area contributed by atoms with Gasteiger partial charge < -0.3 is 34.6 Å². The second-order valence-electron chi connectivity index (χ2n) is 9.82. The first-order chi connectivity index (χ1) is 17.1. The summed E-state index contributed by atoms with van der Waals surface area (Å²) in [4.78, 5) is 23.9. The molecule has 11 heteroatoms. The van der Waals surface area contributed by atoms with Gasteiger partial charge in [0.15, 0.2) is 11.4 Å². The van der Waals surface area contributed by atoms with Gasteiger partial charge >= 0.3 is 0 Å². The summed E-state index contributed by atoms with van der Waals surface area (Å²) in [6.45, 7) is 10.2. The number of carbonyl (C=O) groups is 1. The first kappa shape index (κ1) is 25.5. The van der Waals surface area contributed by atoms with Crippen LogP contribution in [0.5, 0.6) is 23.5 Å². The Morgan fingerprint density at radius 1 is 1.14 bits per heavy atom. The number of amides is 1. The lowest BCUT2D eigenvalue weighted by molar-refractivity contribution is 0.0990. The lowest BCUT2D eigenvalue weighted by Crippen LogP contribution is -2.37. The molecule has 4 rings (SSSR count). The van der Waals surface area contributed by atoms with Crippen molar-refractivity contribution in [3.63, 3.8) is 0 Å². The monoisotopic (exact) mass is 511 g/mol. The highest BCUT2D eigenvalue weighted by atomic mass is 28.3. The second kappa shape index (κ2) is 10.2. The number of nitrogens with two attached hydrogens (primary N) is 1. The Bertz CT molecular complexity index is 1230. The standard InChI is InChI=1S/C25H33N5O5Si/c1-15-7-8-17(36(4,5)6)13-19(15)35-20-10-9-18(34-20)22(31)27-21-23(32-2)28-25(29-24(21)33-3)30-12-11-16(26)14-30/h7-10,13,16H,11-12,14,26H2,1-6H3,(H,27,31). The molecule has 1 aliphatic rings. The summed E-state index contributed by atoms with van der Waals surface area (Å²) in [6, 6.07) is 9.44. The van der Waals surface area contributed by atoms with E-state index in [2.05, 4.69) is 41.0 Å². The zero-order valence-corrected chi connectivity index (χ0v) is 22.5. The van der Waals surface area contributed by atoms with Gasteiger partial charge in [-0.3, -0.25) is 4.79 Å². The molecule has 1 aromatic carbocycles. The highest BCUT2D eigenvalue weighted by molar-refractivity contribution is 6.88. The smallest absolute Gasteiger partial charge is 0.291 e. The maximum atomic E-state index is 13.0. The Hall–Kier alpha value is -3.57. The van der Waals surface area contributed by atoms with Gasteiger partial charge in [-0.1, -0.05) is 37.0 Å². The molecule has 192 valence electrons. The van der Waals surface area contributed by atoms with Crippen molar-refractivity contribution in [2.45, 2.75) is 39.0 Å². The Balaban J connectivity index is 1.53. The number of methoxy groups -OCH3 is 2. The minimum Gasteiger partial charge on any atom is -0.479 e. The summed E-state index contributed by atoms with van der Waals surface area (Å²) in [5, 5.41) is 4.01. The summed E-state index contributed by atoms with van der Waals surface area (Å²) >= 11 is 0. The molecule has 1 fully saturated rings. The van der Waals surface area contributed by atoms with Crippen LogP contribution in [-0.4, -0.2) is 57.3 Å². The van der Waals surface area contributed by atoms with Crippen LogP contribution in [0.3, 0.4) is 0 Å². The Labute approximate surface area is 211 Å². The van der Waals surface area contributed by atoms with Gasteiger partial charge in [-0.15, -0.1) is 0 Å². The van der Waals surface area contributed by atoms with E-state index >= 15 is 0 Å². The number of aryl methyl sites for hydroxylation is 1. The molecule has 1 aliphatic heterocycles. The van der Waals surface area contributed by atoms with Gasteiger partial charge in [-0.2, -0.15) is 9.97 Å². The first-order valence-corrected chi connectivity index (χ1v) is 15.3. The third-order valence-electron chi connectivity index (χ3n) is 6.03. The zero-order valence-electron chi connectivity index (χ0n) is 21.5. The number of anilines is 2. The topological polar surface area (TPSA) is 125 Å². The van der Waals surface area contributed by atoms with Crippen LogP contribution >= 0.6 is 0 Å². The number of benzene rings is 1. The third-order valence-corrected chi connectivity index (χ3v) is 8.08. The Morgan fingerprint density at radius 3 is 2.42 bits per heavy atom. The predicted octanol–water partition coefficient (Wildman–Crippen LogP) is 3.52. The van der Waals surface area contributed by atoms with Gasteiger partial charge in [-0.05, 0) is 31.0 Å². The molecule has 0 radical (unpaired) electrons. The van der Waals surface area contributed by atoms with Crippen molar-refractivity contribution in [3.8, 4) is 23.5 Å². The van der Waals surface area contributed by atoms with Gasteiger partial charge in [0, 0.05) is 25.2 Å². The van der Waals surface area contributed by atoms with Crippen molar-refractivity contribution < 1.29 is 23.4 Å². The van der Waals surface area contributed by atoms with Crippen LogP contribution in [0.25, 0.3) is 0 Å². The van der Waals surface area contributed by atoms with Gasteiger partial charge in [0.05, 0.1) is 22.3 Å².